The Balaban J connectivity index is 2.26. The van der Waals surface area contributed by atoms with E-state index in [1.165, 1.54) is 30.5 Å². The number of nitro benzene ring substituents is 2. The number of halogens is 1. The summed E-state index contributed by atoms with van der Waals surface area (Å²) in [5, 5.41) is 35.4. The molecular weight excluding hydrogens is 328 g/mol. The van der Waals surface area contributed by atoms with Gasteiger partial charge in [-0.2, -0.15) is 5.10 Å². The molecule has 0 spiro atoms. The first-order valence-corrected chi connectivity index (χ1v) is 6.46. The van der Waals surface area contributed by atoms with Crippen LogP contribution in [0.5, 0.6) is 5.75 Å². The number of phenols is 1. The summed E-state index contributed by atoms with van der Waals surface area (Å²) in [5.74, 6) is -0.0712. The van der Waals surface area contributed by atoms with Crippen LogP contribution in [0.15, 0.2) is 41.5 Å². The van der Waals surface area contributed by atoms with Gasteiger partial charge in [-0.15, -0.1) is 0 Å². The van der Waals surface area contributed by atoms with E-state index >= 15 is 0 Å². The maximum absolute atomic E-state index is 11.0. The fraction of sp³-hybridized carbons (Fsp3) is 0. The van der Waals surface area contributed by atoms with Crippen LogP contribution in [0.4, 0.5) is 17.1 Å². The molecule has 23 heavy (non-hydrogen) atoms. The summed E-state index contributed by atoms with van der Waals surface area (Å²) in [6.07, 6.45) is 1.21. The zero-order valence-electron chi connectivity index (χ0n) is 11.3. The number of hydrogen-bond donors (Lipinski definition) is 2. The number of nitrogens with one attached hydrogen (secondary N) is 1. The monoisotopic (exact) mass is 336 g/mol. The van der Waals surface area contributed by atoms with Gasteiger partial charge in [-0.1, -0.05) is 11.6 Å². The number of anilines is 1. The number of nitro groups is 2. The number of aromatic hydroxyl groups is 1. The van der Waals surface area contributed by atoms with Crippen molar-refractivity contribution in [1.29, 1.82) is 0 Å². The minimum atomic E-state index is -0.762. The van der Waals surface area contributed by atoms with Crippen LogP contribution in [0.25, 0.3) is 0 Å². The Kier molecular flexibility index (Phi) is 4.72. The molecule has 0 bridgehead atoms. The summed E-state index contributed by atoms with van der Waals surface area (Å²) in [5.41, 5.74) is 1.78. The van der Waals surface area contributed by atoms with Crippen LogP contribution in [-0.2, 0) is 0 Å². The van der Waals surface area contributed by atoms with Gasteiger partial charge < -0.3 is 5.11 Å². The van der Waals surface area contributed by atoms with Crippen molar-refractivity contribution >= 4 is 34.9 Å². The molecule has 9 nitrogen and oxygen atoms in total. The van der Waals surface area contributed by atoms with E-state index in [0.717, 1.165) is 12.1 Å². The fourth-order valence-electron chi connectivity index (χ4n) is 1.68. The maximum Gasteiger partial charge on any atom is 0.301 e. The normalized spacial score (nSPS) is 10.7. The number of nitrogens with zero attached hydrogens (tertiary/aromatic N) is 3. The van der Waals surface area contributed by atoms with E-state index in [9.17, 15) is 25.3 Å². The molecule has 0 radical (unpaired) electrons. The summed E-state index contributed by atoms with van der Waals surface area (Å²) >= 11 is 5.78. The van der Waals surface area contributed by atoms with E-state index in [4.69, 9.17) is 11.6 Å². The zero-order valence-corrected chi connectivity index (χ0v) is 12.1. The Labute approximate surface area is 134 Å². The maximum atomic E-state index is 11.0. The molecule has 0 aliphatic carbocycles. The van der Waals surface area contributed by atoms with Crippen LogP contribution in [0.2, 0.25) is 5.02 Å². The van der Waals surface area contributed by atoms with Crippen molar-refractivity contribution in [3.63, 3.8) is 0 Å². The number of hydrogen-bond acceptors (Lipinski definition) is 7. The predicted molar refractivity (Wildman–Crippen MR) is 84.1 cm³/mol. The van der Waals surface area contributed by atoms with Crippen LogP contribution >= 0.6 is 11.6 Å². The van der Waals surface area contributed by atoms with Crippen LogP contribution in [0.1, 0.15) is 5.56 Å². The lowest BCUT2D eigenvalue weighted by Crippen LogP contribution is -1.98. The Bertz CT molecular complexity index is 809. The highest BCUT2D eigenvalue weighted by Gasteiger charge is 2.19. The Hall–Kier alpha value is -3.20. The standard InChI is InChI=1S/C13H9ClN4O5/c14-9-1-4-13(19)8(5-9)7-15-16-11-3-2-10(17(20)21)6-12(11)18(22)23/h1-7,16,19H/b15-7+. The smallest absolute Gasteiger partial charge is 0.301 e. The number of hydrazone groups is 1. The van der Waals surface area contributed by atoms with Gasteiger partial charge in [0.15, 0.2) is 0 Å². The van der Waals surface area contributed by atoms with Crippen molar-refractivity contribution in [2.75, 3.05) is 5.43 Å². The molecule has 2 N–H and O–H groups in total. The fourth-order valence-corrected chi connectivity index (χ4v) is 1.86. The van der Waals surface area contributed by atoms with Gasteiger partial charge in [0.05, 0.1) is 22.1 Å². The number of non-ortho nitro benzene ring substituents is 1. The Morgan fingerprint density at radius 2 is 1.87 bits per heavy atom. The average Bonchev–Trinajstić information content (AvgIpc) is 2.50. The van der Waals surface area contributed by atoms with Crippen molar-refractivity contribution in [3.8, 4) is 5.75 Å². The van der Waals surface area contributed by atoms with E-state index in [-0.39, 0.29) is 11.4 Å². The summed E-state index contributed by atoms with van der Waals surface area (Å²) < 4.78 is 0. The number of rotatable bonds is 5. The van der Waals surface area contributed by atoms with Crippen LogP contribution in [0.3, 0.4) is 0 Å². The number of phenolic OH excluding ortho intramolecular Hbond substituents is 1. The Morgan fingerprint density at radius 1 is 1.13 bits per heavy atom. The third-order valence-electron chi connectivity index (χ3n) is 2.77. The molecule has 2 aromatic rings. The van der Waals surface area contributed by atoms with Crippen molar-refractivity contribution < 1.29 is 15.0 Å². The molecule has 0 unspecified atom stereocenters. The summed E-state index contributed by atoms with van der Waals surface area (Å²) in [6.45, 7) is 0. The topological polar surface area (TPSA) is 131 Å². The lowest BCUT2D eigenvalue weighted by molar-refractivity contribution is -0.393. The molecule has 2 rings (SSSR count). The molecule has 0 amide bonds. The molecule has 0 atom stereocenters. The molecular formula is C13H9ClN4O5. The molecule has 0 fully saturated rings. The zero-order chi connectivity index (χ0) is 17.0. The highest BCUT2D eigenvalue weighted by Crippen LogP contribution is 2.29. The molecule has 0 aliphatic heterocycles. The molecule has 0 aromatic heterocycles. The third kappa shape index (κ3) is 3.92. The van der Waals surface area contributed by atoms with Crippen molar-refractivity contribution in [3.05, 3.63) is 67.2 Å². The summed E-state index contributed by atoms with van der Waals surface area (Å²) in [7, 11) is 0. The van der Waals surface area contributed by atoms with Gasteiger partial charge in [0.25, 0.3) is 5.69 Å². The van der Waals surface area contributed by atoms with Gasteiger partial charge in [-0.25, -0.2) is 0 Å². The van der Waals surface area contributed by atoms with Gasteiger partial charge in [-0.3, -0.25) is 25.7 Å². The molecule has 0 saturated heterocycles. The molecule has 0 aliphatic rings. The van der Waals surface area contributed by atoms with Crippen molar-refractivity contribution in [1.82, 2.24) is 0 Å². The lowest BCUT2D eigenvalue weighted by Gasteiger charge is -2.02. The first kappa shape index (κ1) is 16.2. The van der Waals surface area contributed by atoms with E-state index < -0.39 is 21.2 Å². The minimum absolute atomic E-state index is 0.0293. The van der Waals surface area contributed by atoms with E-state index in [0.29, 0.717) is 10.6 Å². The molecule has 2 aromatic carbocycles. The van der Waals surface area contributed by atoms with E-state index in [1.807, 2.05) is 0 Å². The van der Waals surface area contributed by atoms with Crippen LogP contribution in [0, 0.1) is 20.2 Å². The second-order valence-electron chi connectivity index (χ2n) is 4.29. The Morgan fingerprint density at radius 3 is 2.52 bits per heavy atom. The van der Waals surface area contributed by atoms with Crippen LogP contribution < -0.4 is 5.43 Å². The predicted octanol–water partition coefficient (Wildman–Crippen LogP) is 3.31. The lowest BCUT2D eigenvalue weighted by atomic mass is 10.2. The van der Waals surface area contributed by atoms with Gasteiger partial charge in [0, 0.05) is 16.7 Å². The highest BCUT2D eigenvalue weighted by molar-refractivity contribution is 6.30. The van der Waals surface area contributed by atoms with Gasteiger partial charge in [-0.05, 0) is 24.3 Å². The van der Waals surface area contributed by atoms with E-state index in [2.05, 4.69) is 10.5 Å². The molecule has 0 saturated carbocycles. The quantitative estimate of drug-likeness (QED) is 0.489. The van der Waals surface area contributed by atoms with Crippen molar-refractivity contribution in [2.45, 2.75) is 0 Å². The summed E-state index contributed by atoms with van der Waals surface area (Å²) in [6, 6.07) is 7.43. The highest BCUT2D eigenvalue weighted by atomic mass is 35.5. The minimum Gasteiger partial charge on any atom is -0.507 e. The van der Waals surface area contributed by atoms with Gasteiger partial charge in [0.1, 0.15) is 11.4 Å². The average molecular weight is 337 g/mol. The number of benzene rings is 2. The second kappa shape index (κ2) is 6.71. The summed E-state index contributed by atoms with van der Waals surface area (Å²) in [4.78, 5) is 20.1. The largest absolute Gasteiger partial charge is 0.507 e. The van der Waals surface area contributed by atoms with Gasteiger partial charge in [0.2, 0.25) is 0 Å². The second-order valence-corrected chi connectivity index (χ2v) is 4.73. The SMILES string of the molecule is O=[N+]([O-])c1ccc(N/N=C/c2cc(Cl)ccc2O)c([N+](=O)[O-])c1. The van der Waals surface area contributed by atoms with Crippen LogP contribution in [-0.4, -0.2) is 21.2 Å². The first-order valence-electron chi connectivity index (χ1n) is 6.09. The van der Waals surface area contributed by atoms with E-state index in [1.54, 1.807) is 0 Å². The molecule has 10 heteroatoms. The molecule has 118 valence electrons. The van der Waals surface area contributed by atoms with Gasteiger partial charge >= 0.3 is 5.69 Å². The molecule has 0 heterocycles. The first-order chi connectivity index (χ1) is 10.9. The third-order valence-corrected chi connectivity index (χ3v) is 3.00. The van der Waals surface area contributed by atoms with Crippen molar-refractivity contribution in [2.24, 2.45) is 5.10 Å².